The zero-order valence-electron chi connectivity index (χ0n) is 10.1. The van der Waals surface area contributed by atoms with E-state index in [-0.39, 0.29) is 22.8 Å². The number of aryl methyl sites for hydroxylation is 1. The number of nitrogens with zero attached hydrogens (tertiary/aromatic N) is 2. The molecule has 0 aliphatic carbocycles. The topological polar surface area (TPSA) is 106 Å². The summed E-state index contributed by atoms with van der Waals surface area (Å²) in [5, 5.41) is 9.07. The molecule has 0 fully saturated rings. The van der Waals surface area contributed by atoms with Gasteiger partial charge < -0.3 is 10.8 Å². The van der Waals surface area contributed by atoms with E-state index in [2.05, 4.69) is 9.97 Å². The molecule has 1 amide bonds. The van der Waals surface area contributed by atoms with E-state index in [1.807, 2.05) is 6.07 Å². The first-order valence-corrected chi connectivity index (χ1v) is 5.48. The number of hydrogen-bond donors (Lipinski definition) is 2. The summed E-state index contributed by atoms with van der Waals surface area (Å²) in [5.74, 6) is -1.89. The molecule has 3 N–H and O–H groups in total. The minimum Gasteiger partial charge on any atom is -0.478 e. The molecule has 0 aliphatic heterocycles. The molecule has 96 valence electrons. The number of aromatic carboxylic acids is 1. The summed E-state index contributed by atoms with van der Waals surface area (Å²) in [6, 6.07) is 8.95. The normalized spacial score (nSPS) is 10.2. The van der Waals surface area contributed by atoms with Crippen LogP contribution in [0, 0.1) is 6.92 Å². The van der Waals surface area contributed by atoms with Crippen LogP contribution in [0.5, 0.6) is 0 Å². The fraction of sp³-hybridized carbons (Fsp3) is 0.0769. The Morgan fingerprint density at radius 2 is 1.79 bits per heavy atom. The number of primary amides is 1. The van der Waals surface area contributed by atoms with Crippen molar-refractivity contribution < 1.29 is 14.7 Å². The van der Waals surface area contributed by atoms with Crippen molar-refractivity contribution in [3.63, 3.8) is 0 Å². The molecule has 2 aromatic rings. The van der Waals surface area contributed by atoms with Crippen molar-refractivity contribution in [2.24, 2.45) is 5.73 Å². The maximum Gasteiger partial charge on any atom is 0.339 e. The van der Waals surface area contributed by atoms with Gasteiger partial charge in [0.25, 0.3) is 5.91 Å². The van der Waals surface area contributed by atoms with Crippen LogP contribution in [0.15, 0.2) is 30.3 Å². The maximum atomic E-state index is 11.3. The van der Waals surface area contributed by atoms with Crippen LogP contribution in [0.1, 0.15) is 26.5 Å². The summed E-state index contributed by atoms with van der Waals surface area (Å²) in [6.07, 6.45) is 0. The zero-order chi connectivity index (χ0) is 14.0. The molecule has 19 heavy (non-hydrogen) atoms. The summed E-state index contributed by atoms with van der Waals surface area (Å²) in [4.78, 5) is 30.5. The molecule has 6 heteroatoms. The van der Waals surface area contributed by atoms with Crippen molar-refractivity contribution in [2.45, 2.75) is 6.92 Å². The Morgan fingerprint density at radius 3 is 2.32 bits per heavy atom. The quantitative estimate of drug-likeness (QED) is 0.860. The lowest BCUT2D eigenvalue weighted by atomic mass is 10.1. The van der Waals surface area contributed by atoms with Gasteiger partial charge in [0, 0.05) is 5.56 Å². The highest BCUT2D eigenvalue weighted by Gasteiger charge is 2.21. The smallest absolute Gasteiger partial charge is 0.339 e. The standard InChI is InChI=1S/C13H11N3O3/c1-7-9(13(18)19)10(11(14)17)16-12(15-7)8-5-3-2-4-6-8/h2-6H,1H3,(H2,14,17)(H,18,19). The third-order valence-electron chi connectivity index (χ3n) is 2.57. The molecule has 1 aromatic carbocycles. The first kappa shape index (κ1) is 12.7. The largest absolute Gasteiger partial charge is 0.478 e. The highest BCUT2D eigenvalue weighted by atomic mass is 16.4. The van der Waals surface area contributed by atoms with Crippen molar-refractivity contribution >= 4 is 11.9 Å². The molecule has 0 bridgehead atoms. The van der Waals surface area contributed by atoms with Crippen molar-refractivity contribution in [3.05, 3.63) is 47.3 Å². The fourth-order valence-electron chi connectivity index (χ4n) is 1.72. The van der Waals surface area contributed by atoms with Crippen LogP contribution in [0.3, 0.4) is 0 Å². The highest BCUT2D eigenvalue weighted by Crippen LogP contribution is 2.18. The molecule has 0 spiro atoms. The Labute approximate surface area is 108 Å². The second-order valence-corrected chi connectivity index (χ2v) is 3.89. The summed E-state index contributed by atoms with van der Waals surface area (Å²) in [5.41, 5.74) is 5.53. The lowest BCUT2D eigenvalue weighted by Gasteiger charge is -2.08. The fourth-order valence-corrected chi connectivity index (χ4v) is 1.72. The van der Waals surface area contributed by atoms with Gasteiger partial charge in [0.2, 0.25) is 0 Å². The molecular formula is C13H11N3O3. The van der Waals surface area contributed by atoms with E-state index in [9.17, 15) is 9.59 Å². The van der Waals surface area contributed by atoms with Gasteiger partial charge in [-0.2, -0.15) is 0 Å². The maximum absolute atomic E-state index is 11.3. The van der Waals surface area contributed by atoms with Gasteiger partial charge in [-0.1, -0.05) is 30.3 Å². The van der Waals surface area contributed by atoms with Crippen LogP contribution >= 0.6 is 0 Å². The zero-order valence-corrected chi connectivity index (χ0v) is 10.1. The van der Waals surface area contributed by atoms with Crippen LogP contribution in [0.25, 0.3) is 11.4 Å². The monoisotopic (exact) mass is 257 g/mol. The van der Waals surface area contributed by atoms with Crippen molar-refractivity contribution in [2.75, 3.05) is 0 Å². The summed E-state index contributed by atoms with van der Waals surface area (Å²) < 4.78 is 0. The molecule has 1 heterocycles. The lowest BCUT2D eigenvalue weighted by Crippen LogP contribution is -2.21. The van der Waals surface area contributed by atoms with Gasteiger partial charge in [0.1, 0.15) is 11.3 Å². The molecule has 2 rings (SSSR count). The molecule has 0 aliphatic rings. The number of carboxylic acids is 1. The van der Waals surface area contributed by atoms with Crippen molar-refractivity contribution in [1.29, 1.82) is 0 Å². The second kappa shape index (κ2) is 4.85. The number of aromatic nitrogens is 2. The van der Waals surface area contributed by atoms with E-state index in [1.165, 1.54) is 6.92 Å². The first-order valence-electron chi connectivity index (χ1n) is 5.48. The number of amides is 1. The number of rotatable bonds is 3. The molecule has 0 atom stereocenters. The SMILES string of the molecule is Cc1nc(-c2ccccc2)nc(C(N)=O)c1C(=O)O. The highest BCUT2D eigenvalue weighted by molar-refractivity contribution is 6.03. The van der Waals surface area contributed by atoms with E-state index in [0.29, 0.717) is 5.56 Å². The average molecular weight is 257 g/mol. The van der Waals surface area contributed by atoms with Crippen molar-refractivity contribution in [1.82, 2.24) is 9.97 Å². The number of carbonyl (C=O) groups is 2. The molecule has 1 aromatic heterocycles. The van der Waals surface area contributed by atoms with Crippen LogP contribution in [-0.4, -0.2) is 27.0 Å². The van der Waals surface area contributed by atoms with Gasteiger partial charge in [-0.3, -0.25) is 4.79 Å². The Balaban J connectivity index is 2.68. The van der Waals surface area contributed by atoms with E-state index >= 15 is 0 Å². The third-order valence-corrected chi connectivity index (χ3v) is 2.57. The molecule has 6 nitrogen and oxygen atoms in total. The van der Waals surface area contributed by atoms with E-state index in [1.54, 1.807) is 24.3 Å². The summed E-state index contributed by atoms with van der Waals surface area (Å²) in [7, 11) is 0. The van der Waals surface area contributed by atoms with Gasteiger partial charge in [0.15, 0.2) is 5.82 Å². The Morgan fingerprint density at radius 1 is 1.16 bits per heavy atom. The Kier molecular flexibility index (Phi) is 3.24. The number of carboxylic acid groups (broad SMARTS) is 1. The van der Waals surface area contributed by atoms with Gasteiger partial charge in [-0.25, -0.2) is 14.8 Å². The summed E-state index contributed by atoms with van der Waals surface area (Å²) in [6.45, 7) is 1.50. The van der Waals surface area contributed by atoms with Gasteiger partial charge in [-0.15, -0.1) is 0 Å². The average Bonchev–Trinajstić information content (AvgIpc) is 2.38. The first-order chi connectivity index (χ1) is 9.00. The summed E-state index contributed by atoms with van der Waals surface area (Å²) >= 11 is 0. The van der Waals surface area contributed by atoms with Gasteiger partial charge >= 0.3 is 5.97 Å². The second-order valence-electron chi connectivity index (χ2n) is 3.89. The van der Waals surface area contributed by atoms with Gasteiger partial charge in [0.05, 0.1) is 5.69 Å². The lowest BCUT2D eigenvalue weighted by molar-refractivity contribution is 0.0689. The molecule has 0 saturated heterocycles. The number of carbonyl (C=O) groups excluding carboxylic acids is 1. The molecule has 0 radical (unpaired) electrons. The predicted octanol–water partition coefficient (Wildman–Crippen LogP) is 1.25. The van der Waals surface area contributed by atoms with Crippen LogP contribution in [-0.2, 0) is 0 Å². The van der Waals surface area contributed by atoms with E-state index in [4.69, 9.17) is 10.8 Å². The molecular weight excluding hydrogens is 246 g/mol. The number of benzene rings is 1. The van der Waals surface area contributed by atoms with E-state index < -0.39 is 11.9 Å². The third kappa shape index (κ3) is 2.42. The van der Waals surface area contributed by atoms with Crippen molar-refractivity contribution in [3.8, 4) is 11.4 Å². The minimum atomic E-state index is -1.27. The molecule has 0 saturated carbocycles. The van der Waals surface area contributed by atoms with Crippen LogP contribution < -0.4 is 5.73 Å². The van der Waals surface area contributed by atoms with Crippen LogP contribution in [0.2, 0.25) is 0 Å². The van der Waals surface area contributed by atoms with Crippen LogP contribution in [0.4, 0.5) is 0 Å². The van der Waals surface area contributed by atoms with Gasteiger partial charge in [-0.05, 0) is 6.92 Å². The Bertz CT molecular complexity index is 654. The molecule has 0 unspecified atom stereocenters. The minimum absolute atomic E-state index is 0.204. The number of hydrogen-bond acceptors (Lipinski definition) is 4. The number of nitrogens with two attached hydrogens (primary N) is 1. The predicted molar refractivity (Wildman–Crippen MR) is 67.7 cm³/mol. The Hall–Kier alpha value is -2.76. The van der Waals surface area contributed by atoms with E-state index in [0.717, 1.165) is 0 Å².